The number of hydrogen-bond donors (Lipinski definition) is 1. The summed E-state index contributed by atoms with van der Waals surface area (Å²) in [5.74, 6) is 1.10. The molecule has 1 aromatic rings. The van der Waals surface area contributed by atoms with Crippen LogP contribution in [0.5, 0.6) is 0 Å². The molecule has 0 aromatic carbocycles. The molecule has 0 amide bonds. The molecule has 1 saturated carbocycles. The van der Waals surface area contributed by atoms with E-state index in [9.17, 15) is 0 Å². The first-order chi connectivity index (χ1) is 9.22. The molecule has 1 N–H and O–H groups in total. The number of aryl methyl sites for hydroxylation is 1. The summed E-state index contributed by atoms with van der Waals surface area (Å²) in [7, 11) is 1.97. The van der Waals surface area contributed by atoms with Crippen molar-refractivity contribution < 1.29 is 0 Å². The van der Waals surface area contributed by atoms with Crippen LogP contribution in [0.1, 0.15) is 50.8 Å². The molecule has 1 heterocycles. The van der Waals surface area contributed by atoms with Gasteiger partial charge in [-0.2, -0.15) is 11.8 Å². The first kappa shape index (κ1) is 15.3. The van der Waals surface area contributed by atoms with Crippen LogP contribution in [0.2, 0.25) is 0 Å². The summed E-state index contributed by atoms with van der Waals surface area (Å²) in [4.78, 5) is 0. The van der Waals surface area contributed by atoms with Crippen LogP contribution in [0.15, 0.2) is 4.60 Å². The lowest BCUT2D eigenvalue weighted by Crippen LogP contribution is -2.27. The molecule has 1 unspecified atom stereocenters. The van der Waals surface area contributed by atoms with Crippen molar-refractivity contribution in [2.24, 2.45) is 7.05 Å². The Kier molecular flexibility index (Phi) is 6.16. The van der Waals surface area contributed by atoms with Crippen LogP contribution in [0.3, 0.4) is 0 Å². The fraction of sp³-hybridized carbons (Fsp3) is 0.846. The molecule has 2 rings (SSSR count). The molecule has 0 saturated heterocycles. The van der Waals surface area contributed by atoms with Gasteiger partial charge >= 0.3 is 0 Å². The summed E-state index contributed by atoms with van der Waals surface area (Å²) in [6.45, 7) is 3.23. The van der Waals surface area contributed by atoms with Gasteiger partial charge in [0.15, 0.2) is 4.60 Å². The number of halogens is 1. The highest BCUT2D eigenvalue weighted by molar-refractivity contribution is 9.10. The molecule has 1 atom stereocenters. The van der Waals surface area contributed by atoms with Gasteiger partial charge in [-0.05, 0) is 41.7 Å². The predicted molar refractivity (Wildman–Crippen MR) is 84.5 cm³/mol. The summed E-state index contributed by atoms with van der Waals surface area (Å²) in [5.41, 5.74) is 1.17. The SMILES string of the molecule is CCCNC(CSC1CCCC1)c1c(Br)nnn1C. The van der Waals surface area contributed by atoms with E-state index in [4.69, 9.17) is 0 Å². The maximum atomic E-state index is 4.11. The van der Waals surface area contributed by atoms with Gasteiger partial charge in [-0.15, -0.1) is 5.10 Å². The first-order valence-corrected chi connectivity index (χ1v) is 8.96. The van der Waals surface area contributed by atoms with Gasteiger partial charge in [0, 0.05) is 18.1 Å². The second kappa shape index (κ2) is 7.64. The molecule has 0 radical (unpaired) electrons. The van der Waals surface area contributed by atoms with E-state index >= 15 is 0 Å². The Bertz CT molecular complexity index is 370. The van der Waals surface area contributed by atoms with Gasteiger partial charge in [-0.1, -0.05) is 25.0 Å². The minimum Gasteiger partial charge on any atom is -0.308 e. The summed E-state index contributed by atoms with van der Waals surface area (Å²) >= 11 is 5.63. The largest absolute Gasteiger partial charge is 0.308 e. The van der Waals surface area contributed by atoms with Crippen molar-refractivity contribution >= 4 is 27.7 Å². The maximum Gasteiger partial charge on any atom is 0.153 e. The van der Waals surface area contributed by atoms with Crippen LogP contribution in [0.25, 0.3) is 0 Å². The molecule has 1 aliphatic carbocycles. The van der Waals surface area contributed by atoms with E-state index in [1.54, 1.807) is 0 Å². The molecule has 1 aromatic heterocycles. The van der Waals surface area contributed by atoms with Gasteiger partial charge in [0.1, 0.15) is 0 Å². The van der Waals surface area contributed by atoms with E-state index in [0.29, 0.717) is 6.04 Å². The molecule has 1 fully saturated rings. The van der Waals surface area contributed by atoms with Gasteiger partial charge in [0.2, 0.25) is 0 Å². The van der Waals surface area contributed by atoms with Crippen LogP contribution in [-0.2, 0) is 7.05 Å². The van der Waals surface area contributed by atoms with E-state index in [0.717, 1.165) is 28.6 Å². The van der Waals surface area contributed by atoms with Crippen molar-refractivity contribution in [1.29, 1.82) is 0 Å². The minimum absolute atomic E-state index is 0.333. The zero-order chi connectivity index (χ0) is 13.7. The maximum absolute atomic E-state index is 4.11. The second-order valence-corrected chi connectivity index (χ2v) is 7.22. The fourth-order valence-corrected chi connectivity index (χ4v) is 4.56. The third-order valence-electron chi connectivity index (χ3n) is 3.60. The number of thioether (sulfide) groups is 1. The van der Waals surface area contributed by atoms with Crippen molar-refractivity contribution in [3.8, 4) is 0 Å². The lowest BCUT2D eigenvalue weighted by atomic mass is 10.2. The number of nitrogens with one attached hydrogen (secondary N) is 1. The third-order valence-corrected chi connectivity index (χ3v) is 5.63. The number of aromatic nitrogens is 3. The van der Waals surface area contributed by atoms with Crippen LogP contribution in [0.4, 0.5) is 0 Å². The van der Waals surface area contributed by atoms with E-state index in [1.165, 1.54) is 31.4 Å². The summed E-state index contributed by atoms with van der Waals surface area (Å²) in [5, 5.41) is 12.7. The Morgan fingerprint density at radius 2 is 2.21 bits per heavy atom. The highest BCUT2D eigenvalue weighted by Gasteiger charge is 2.22. The normalized spacial score (nSPS) is 18.1. The molecule has 19 heavy (non-hydrogen) atoms. The third kappa shape index (κ3) is 4.20. The van der Waals surface area contributed by atoms with Gasteiger partial charge in [0.05, 0.1) is 11.7 Å². The molecular formula is C13H23BrN4S. The van der Waals surface area contributed by atoms with Crippen LogP contribution < -0.4 is 5.32 Å². The summed E-state index contributed by atoms with van der Waals surface area (Å²) in [6, 6.07) is 0.333. The summed E-state index contributed by atoms with van der Waals surface area (Å²) < 4.78 is 2.75. The summed E-state index contributed by atoms with van der Waals surface area (Å²) in [6.07, 6.45) is 6.73. The van der Waals surface area contributed by atoms with E-state index < -0.39 is 0 Å². The Morgan fingerprint density at radius 3 is 2.79 bits per heavy atom. The van der Waals surface area contributed by atoms with E-state index in [-0.39, 0.29) is 0 Å². The van der Waals surface area contributed by atoms with Crippen LogP contribution in [-0.4, -0.2) is 32.5 Å². The monoisotopic (exact) mass is 346 g/mol. The molecule has 4 nitrogen and oxygen atoms in total. The quantitative estimate of drug-likeness (QED) is 0.822. The van der Waals surface area contributed by atoms with Crippen molar-refractivity contribution in [1.82, 2.24) is 20.3 Å². The number of rotatable bonds is 7. The Hall–Kier alpha value is -0.0700. The van der Waals surface area contributed by atoms with Crippen LogP contribution >= 0.6 is 27.7 Å². The topological polar surface area (TPSA) is 42.7 Å². The molecule has 0 aliphatic heterocycles. The standard InChI is InChI=1S/C13H23BrN4S/c1-3-8-15-11(9-19-10-6-4-5-7-10)12-13(14)16-17-18(12)2/h10-11,15H,3-9H2,1-2H3. The molecule has 6 heteroatoms. The smallest absolute Gasteiger partial charge is 0.153 e. The molecule has 0 spiro atoms. The number of nitrogens with zero attached hydrogens (tertiary/aromatic N) is 3. The fourth-order valence-electron chi connectivity index (χ4n) is 2.55. The average Bonchev–Trinajstić information content (AvgIpc) is 3.02. The lowest BCUT2D eigenvalue weighted by molar-refractivity contribution is 0.531. The van der Waals surface area contributed by atoms with Gasteiger partial charge in [0.25, 0.3) is 0 Å². The van der Waals surface area contributed by atoms with E-state index in [1.807, 2.05) is 11.7 Å². The zero-order valence-corrected chi connectivity index (χ0v) is 14.1. The molecular weight excluding hydrogens is 324 g/mol. The first-order valence-electron chi connectivity index (χ1n) is 7.12. The van der Waals surface area contributed by atoms with Gasteiger partial charge < -0.3 is 5.32 Å². The van der Waals surface area contributed by atoms with Crippen molar-refractivity contribution in [2.75, 3.05) is 12.3 Å². The molecule has 1 aliphatic rings. The predicted octanol–water partition coefficient (Wildman–Crippen LogP) is 3.29. The average molecular weight is 347 g/mol. The molecule has 108 valence electrons. The Balaban J connectivity index is 1.98. The second-order valence-electron chi connectivity index (χ2n) is 5.14. The molecule has 0 bridgehead atoms. The van der Waals surface area contributed by atoms with Crippen molar-refractivity contribution in [3.63, 3.8) is 0 Å². The lowest BCUT2D eigenvalue weighted by Gasteiger charge is -2.20. The van der Waals surface area contributed by atoms with E-state index in [2.05, 4.69) is 50.2 Å². The van der Waals surface area contributed by atoms with Crippen molar-refractivity contribution in [2.45, 2.75) is 50.3 Å². The van der Waals surface area contributed by atoms with Gasteiger partial charge in [-0.3, -0.25) is 0 Å². The minimum atomic E-state index is 0.333. The number of hydrogen-bond acceptors (Lipinski definition) is 4. The van der Waals surface area contributed by atoms with Crippen molar-refractivity contribution in [3.05, 3.63) is 10.3 Å². The van der Waals surface area contributed by atoms with Gasteiger partial charge in [-0.25, -0.2) is 4.68 Å². The highest BCUT2D eigenvalue weighted by atomic mass is 79.9. The highest BCUT2D eigenvalue weighted by Crippen LogP contribution is 2.33. The van der Waals surface area contributed by atoms with Crippen LogP contribution in [0, 0.1) is 0 Å². The Morgan fingerprint density at radius 1 is 1.47 bits per heavy atom. The zero-order valence-electron chi connectivity index (χ0n) is 11.7. The Labute approximate surface area is 128 Å².